The molecule has 0 radical (unpaired) electrons. The third kappa shape index (κ3) is 3.95. The van der Waals surface area contributed by atoms with Crippen molar-refractivity contribution >= 4 is 28.6 Å². The highest BCUT2D eigenvalue weighted by atomic mass is 16.2. The molecule has 0 spiro atoms. The van der Waals surface area contributed by atoms with Crippen molar-refractivity contribution < 1.29 is 14.4 Å². The van der Waals surface area contributed by atoms with E-state index in [9.17, 15) is 14.4 Å². The summed E-state index contributed by atoms with van der Waals surface area (Å²) >= 11 is 0. The molecule has 3 amide bonds. The van der Waals surface area contributed by atoms with Gasteiger partial charge in [-0.15, -0.1) is 0 Å². The number of amides is 3. The number of nitrogens with one attached hydrogen (secondary N) is 2. The average molecular weight is 326 g/mol. The van der Waals surface area contributed by atoms with Gasteiger partial charge in [0, 0.05) is 18.5 Å². The van der Waals surface area contributed by atoms with Crippen LogP contribution < -0.4 is 16.4 Å². The Morgan fingerprint density at radius 2 is 1.88 bits per heavy atom. The molecule has 0 aliphatic heterocycles. The zero-order valence-corrected chi connectivity index (χ0v) is 13.4. The lowest BCUT2D eigenvalue weighted by Crippen LogP contribution is -2.46. The minimum absolute atomic E-state index is 0.175. The van der Waals surface area contributed by atoms with E-state index in [-0.39, 0.29) is 5.69 Å². The standard InChI is InChI=1S/C17H18N4O3/c1-10(9-14(18)22)15(17(24)19-2)21-16(23)13-8-7-11-5-3-4-6-12(11)20-13/h3-9,15H,1-2H3,(H2,18,22)(H,19,24)(H,21,23). The maximum absolute atomic E-state index is 12.4. The number of carbonyl (C=O) groups is 3. The van der Waals surface area contributed by atoms with Crippen molar-refractivity contribution in [2.45, 2.75) is 13.0 Å². The third-order valence-electron chi connectivity index (χ3n) is 3.44. The number of fused-ring (bicyclic) bond motifs is 1. The Morgan fingerprint density at radius 3 is 2.54 bits per heavy atom. The highest BCUT2D eigenvalue weighted by molar-refractivity contribution is 5.99. The molecule has 0 bridgehead atoms. The smallest absolute Gasteiger partial charge is 0.270 e. The molecule has 1 aromatic carbocycles. The molecule has 124 valence electrons. The fourth-order valence-corrected chi connectivity index (χ4v) is 2.24. The largest absolute Gasteiger partial charge is 0.366 e. The second kappa shape index (κ2) is 7.36. The predicted octanol–water partition coefficient (Wildman–Crippen LogP) is 0.511. The molecule has 0 aliphatic carbocycles. The first-order valence-electron chi connectivity index (χ1n) is 7.28. The van der Waals surface area contributed by atoms with Gasteiger partial charge in [0.15, 0.2) is 0 Å². The Bertz CT molecular complexity index is 829. The number of aromatic nitrogens is 1. The van der Waals surface area contributed by atoms with Gasteiger partial charge < -0.3 is 16.4 Å². The van der Waals surface area contributed by atoms with E-state index >= 15 is 0 Å². The first kappa shape index (κ1) is 17.1. The Kier molecular flexibility index (Phi) is 5.26. The first-order valence-corrected chi connectivity index (χ1v) is 7.28. The second-order valence-electron chi connectivity index (χ2n) is 5.20. The topological polar surface area (TPSA) is 114 Å². The number of likely N-dealkylation sites (N-methyl/N-ethyl adjacent to an activating group) is 1. The van der Waals surface area contributed by atoms with E-state index in [1.165, 1.54) is 7.05 Å². The van der Waals surface area contributed by atoms with E-state index < -0.39 is 23.8 Å². The molecule has 4 N–H and O–H groups in total. The Labute approximate surface area is 138 Å². The van der Waals surface area contributed by atoms with Gasteiger partial charge in [-0.2, -0.15) is 0 Å². The van der Waals surface area contributed by atoms with Crippen LogP contribution in [0.15, 0.2) is 48.0 Å². The Morgan fingerprint density at radius 1 is 1.17 bits per heavy atom. The summed E-state index contributed by atoms with van der Waals surface area (Å²) in [6.07, 6.45) is 1.11. The molecule has 0 aliphatic rings. The minimum Gasteiger partial charge on any atom is -0.366 e. The van der Waals surface area contributed by atoms with Crippen molar-refractivity contribution in [3.63, 3.8) is 0 Å². The average Bonchev–Trinajstić information content (AvgIpc) is 2.57. The number of nitrogens with two attached hydrogens (primary N) is 1. The first-order chi connectivity index (χ1) is 11.4. The van der Waals surface area contributed by atoms with Gasteiger partial charge in [0.2, 0.25) is 11.8 Å². The number of para-hydroxylation sites is 1. The molecule has 7 nitrogen and oxygen atoms in total. The fourth-order valence-electron chi connectivity index (χ4n) is 2.24. The van der Waals surface area contributed by atoms with E-state index in [1.54, 1.807) is 25.1 Å². The van der Waals surface area contributed by atoms with E-state index in [1.807, 2.05) is 18.2 Å². The molecule has 0 saturated carbocycles. The monoisotopic (exact) mass is 326 g/mol. The molecule has 1 unspecified atom stereocenters. The van der Waals surface area contributed by atoms with E-state index in [0.29, 0.717) is 11.1 Å². The van der Waals surface area contributed by atoms with E-state index in [4.69, 9.17) is 5.73 Å². The van der Waals surface area contributed by atoms with Crippen LogP contribution in [0.1, 0.15) is 17.4 Å². The van der Waals surface area contributed by atoms with Crippen LogP contribution in [0.5, 0.6) is 0 Å². The van der Waals surface area contributed by atoms with Crippen molar-refractivity contribution in [3.05, 3.63) is 53.7 Å². The van der Waals surface area contributed by atoms with Crippen LogP contribution in [0.25, 0.3) is 10.9 Å². The Hall–Kier alpha value is -3.22. The van der Waals surface area contributed by atoms with Crippen LogP contribution in [0.4, 0.5) is 0 Å². The lowest BCUT2D eigenvalue weighted by Gasteiger charge is -2.17. The second-order valence-corrected chi connectivity index (χ2v) is 5.20. The number of nitrogens with zero attached hydrogens (tertiary/aromatic N) is 1. The highest BCUT2D eigenvalue weighted by Crippen LogP contribution is 2.12. The molecule has 0 saturated heterocycles. The number of carbonyl (C=O) groups excluding carboxylic acids is 3. The van der Waals surface area contributed by atoms with Gasteiger partial charge in [-0.05, 0) is 24.6 Å². The summed E-state index contributed by atoms with van der Waals surface area (Å²) in [6.45, 7) is 1.54. The van der Waals surface area contributed by atoms with Crippen molar-refractivity contribution in [3.8, 4) is 0 Å². The summed E-state index contributed by atoms with van der Waals surface area (Å²) in [7, 11) is 1.44. The van der Waals surface area contributed by atoms with Gasteiger partial charge in [0.1, 0.15) is 11.7 Å². The number of hydrogen-bond acceptors (Lipinski definition) is 4. The number of benzene rings is 1. The quantitative estimate of drug-likeness (QED) is 0.695. The van der Waals surface area contributed by atoms with Gasteiger partial charge in [0.25, 0.3) is 5.91 Å². The zero-order valence-electron chi connectivity index (χ0n) is 13.4. The van der Waals surface area contributed by atoms with Crippen LogP contribution in [0.2, 0.25) is 0 Å². The van der Waals surface area contributed by atoms with Crippen molar-refractivity contribution in [2.75, 3.05) is 7.05 Å². The van der Waals surface area contributed by atoms with Gasteiger partial charge in [-0.25, -0.2) is 4.98 Å². The number of pyridine rings is 1. The Balaban J connectivity index is 2.28. The van der Waals surface area contributed by atoms with Crippen molar-refractivity contribution in [1.82, 2.24) is 15.6 Å². The summed E-state index contributed by atoms with van der Waals surface area (Å²) < 4.78 is 0. The third-order valence-corrected chi connectivity index (χ3v) is 3.44. The minimum atomic E-state index is -1.01. The molecule has 1 atom stereocenters. The predicted molar refractivity (Wildman–Crippen MR) is 90.0 cm³/mol. The van der Waals surface area contributed by atoms with Crippen LogP contribution in [0.3, 0.4) is 0 Å². The normalized spacial score (nSPS) is 12.5. The van der Waals surface area contributed by atoms with Crippen LogP contribution >= 0.6 is 0 Å². The molecule has 1 aromatic heterocycles. The molecular weight excluding hydrogens is 308 g/mol. The summed E-state index contributed by atoms with van der Waals surface area (Å²) in [5.74, 6) is -1.68. The molecular formula is C17H18N4O3. The number of primary amides is 1. The maximum atomic E-state index is 12.4. The molecule has 24 heavy (non-hydrogen) atoms. The molecule has 1 heterocycles. The number of hydrogen-bond donors (Lipinski definition) is 3. The van der Waals surface area contributed by atoms with Gasteiger partial charge in [-0.3, -0.25) is 14.4 Å². The summed E-state index contributed by atoms with van der Waals surface area (Å²) in [6, 6.07) is 9.72. The summed E-state index contributed by atoms with van der Waals surface area (Å²) in [4.78, 5) is 39.7. The van der Waals surface area contributed by atoms with Crippen LogP contribution in [0, 0.1) is 0 Å². The molecule has 2 rings (SSSR count). The van der Waals surface area contributed by atoms with Gasteiger partial charge in [0.05, 0.1) is 5.52 Å². The highest BCUT2D eigenvalue weighted by Gasteiger charge is 2.23. The SMILES string of the molecule is CNC(=O)C(NC(=O)c1ccc2ccccc2n1)C(C)=CC(N)=O. The molecule has 0 fully saturated rings. The van der Waals surface area contributed by atoms with Crippen LogP contribution in [-0.4, -0.2) is 35.8 Å². The zero-order chi connectivity index (χ0) is 17.7. The maximum Gasteiger partial charge on any atom is 0.270 e. The van der Waals surface area contributed by atoms with Crippen molar-refractivity contribution in [1.29, 1.82) is 0 Å². The summed E-state index contributed by atoms with van der Waals surface area (Å²) in [5, 5.41) is 5.91. The lowest BCUT2D eigenvalue weighted by atomic mass is 10.1. The van der Waals surface area contributed by atoms with E-state index in [2.05, 4.69) is 15.6 Å². The van der Waals surface area contributed by atoms with Crippen molar-refractivity contribution in [2.24, 2.45) is 5.73 Å². The lowest BCUT2D eigenvalue weighted by molar-refractivity contribution is -0.121. The van der Waals surface area contributed by atoms with Gasteiger partial charge in [-0.1, -0.05) is 24.3 Å². The number of rotatable bonds is 5. The molecule has 2 aromatic rings. The van der Waals surface area contributed by atoms with Gasteiger partial charge >= 0.3 is 0 Å². The fraction of sp³-hybridized carbons (Fsp3) is 0.176. The van der Waals surface area contributed by atoms with E-state index in [0.717, 1.165) is 11.5 Å². The summed E-state index contributed by atoms with van der Waals surface area (Å²) in [5.41, 5.74) is 6.28. The molecule has 7 heteroatoms. The van der Waals surface area contributed by atoms with Crippen LogP contribution in [-0.2, 0) is 9.59 Å².